The molecule has 0 saturated heterocycles. The second-order valence-corrected chi connectivity index (χ2v) is 4.38. The van der Waals surface area contributed by atoms with Gasteiger partial charge in [-0.3, -0.25) is 0 Å². The van der Waals surface area contributed by atoms with Gasteiger partial charge in [0.2, 0.25) is 0 Å². The molecule has 0 saturated carbocycles. The van der Waals surface area contributed by atoms with Gasteiger partial charge in [-0.05, 0) is 29.7 Å². The second kappa shape index (κ2) is 5.60. The molecule has 2 aromatic carbocycles. The van der Waals surface area contributed by atoms with Gasteiger partial charge in [0.25, 0.3) is 0 Å². The highest BCUT2D eigenvalue weighted by Crippen LogP contribution is 2.19. The smallest absolute Gasteiger partial charge is 0.329 e. The minimum Gasteiger partial charge on any atom is -0.350 e. The Hall–Kier alpha value is -1.94. The van der Waals surface area contributed by atoms with Crippen LogP contribution in [0, 0.1) is 0 Å². The Balaban J connectivity index is 2.20. The number of amides is 2. The van der Waals surface area contributed by atoms with Crippen molar-refractivity contribution in [3.05, 3.63) is 65.7 Å². The number of carbonyl (C=O) groups is 1. The number of urea groups is 1. The third-order valence-electron chi connectivity index (χ3n) is 2.61. The minimum absolute atomic E-state index is 0.588. The van der Waals surface area contributed by atoms with Crippen LogP contribution in [0.5, 0.6) is 0 Å². The molecule has 4 heteroatoms. The van der Waals surface area contributed by atoms with E-state index in [2.05, 4.69) is 24.9 Å². The zero-order chi connectivity index (χ0) is 13.0. The Labute approximate surface area is 112 Å². The van der Waals surface area contributed by atoms with Crippen molar-refractivity contribution in [3.8, 4) is 0 Å². The molecule has 0 atom stereocenters. The summed E-state index contributed by atoms with van der Waals surface area (Å²) in [4.78, 5) is 11.0. The Morgan fingerprint density at radius 2 is 1.72 bits per heavy atom. The minimum atomic E-state index is -0.588. The molecule has 2 rings (SSSR count). The summed E-state index contributed by atoms with van der Waals surface area (Å²) >= 11 is 4.05. The first-order valence-corrected chi connectivity index (χ1v) is 5.98. The van der Waals surface area contributed by atoms with Gasteiger partial charge >= 0.3 is 6.03 Å². The number of thiol groups is 1. The zero-order valence-electron chi connectivity index (χ0n) is 9.78. The molecular weight excluding hydrogens is 244 g/mol. The summed E-state index contributed by atoms with van der Waals surface area (Å²) in [5, 5.41) is 0. The van der Waals surface area contributed by atoms with E-state index >= 15 is 0 Å². The third kappa shape index (κ3) is 3.05. The quantitative estimate of drug-likeness (QED) is 0.817. The molecule has 0 bridgehead atoms. The Morgan fingerprint density at radius 1 is 1.06 bits per heavy atom. The molecular formula is C14H14N2OS. The van der Waals surface area contributed by atoms with Crippen molar-refractivity contribution < 1.29 is 4.79 Å². The maximum atomic E-state index is 11.0. The predicted molar refractivity (Wildman–Crippen MR) is 76.7 cm³/mol. The van der Waals surface area contributed by atoms with Crippen molar-refractivity contribution >= 4 is 24.5 Å². The molecule has 0 aliphatic carbocycles. The van der Waals surface area contributed by atoms with E-state index < -0.39 is 6.03 Å². The van der Waals surface area contributed by atoms with Gasteiger partial charge in [0.15, 0.2) is 0 Å². The number of carbonyl (C=O) groups excluding carboxylic acids is 1. The fourth-order valence-corrected chi connectivity index (χ4v) is 1.88. The van der Waals surface area contributed by atoms with Gasteiger partial charge < -0.3 is 5.73 Å². The standard InChI is InChI=1S/C14H14N2OS/c15-14(17)16(18)13-8-4-7-12(10-13)9-11-5-2-1-3-6-11/h1-8,10,18H,9H2,(H2,15,17). The lowest BCUT2D eigenvalue weighted by Gasteiger charge is -2.13. The summed E-state index contributed by atoms with van der Waals surface area (Å²) < 4.78 is 1.13. The van der Waals surface area contributed by atoms with Crippen LogP contribution in [-0.4, -0.2) is 6.03 Å². The molecule has 0 aliphatic rings. The van der Waals surface area contributed by atoms with Gasteiger partial charge in [-0.15, -0.1) is 0 Å². The molecule has 0 unspecified atom stereocenters. The van der Waals surface area contributed by atoms with E-state index in [4.69, 9.17) is 5.73 Å². The van der Waals surface area contributed by atoms with E-state index in [9.17, 15) is 4.79 Å². The summed E-state index contributed by atoms with van der Waals surface area (Å²) in [5.41, 5.74) is 8.19. The van der Waals surface area contributed by atoms with Gasteiger partial charge in [0.05, 0.1) is 5.69 Å². The molecule has 0 aromatic heterocycles. The first-order valence-electron chi connectivity index (χ1n) is 5.58. The van der Waals surface area contributed by atoms with Gasteiger partial charge in [-0.2, -0.15) is 0 Å². The number of hydrogen-bond donors (Lipinski definition) is 2. The number of benzene rings is 2. The van der Waals surface area contributed by atoms with Crippen LogP contribution < -0.4 is 10.0 Å². The molecule has 0 spiro atoms. The lowest BCUT2D eigenvalue weighted by Crippen LogP contribution is -2.27. The number of primary amides is 1. The summed E-state index contributed by atoms with van der Waals surface area (Å²) in [6, 6.07) is 17.2. The maximum absolute atomic E-state index is 11.0. The van der Waals surface area contributed by atoms with Crippen LogP contribution in [0.15, 0.2) is 54.6 Å². The van der Waals surface area contributed by atoms with Crippen molar-refractivity contribution in [3.63, 3.8) is 0 Å². The Morgan fingerprint density at radius 3 is 2.39 bits per heavy atom. The van der Waals surface area contributed by atoms with Crippen LogP contribution in [0.25, 0.3) is 0 Å². The van der Waals surface area contributed by atoms with Gasteiger partial charge in [-0.1, -0.05) is 55.3 Å². The number of nitrogens with two attached hydrogens (primary N) is 1. The van der Waals surface area contributed by atoms with Gasteiger partial charge in [-0.25, -0.2) is 9.10 Å². The fourth-order valence-electron chi connectivity index (χ4n) is 1.76. The predicted octanol–water partition coefficient (Wildman–Crippen LogP) is 3.01. The molecule has 0 radical (unpaired) electrons. The molecule has 92 valence electrons. The van der Waals surface area contributed by atoms with Crippen LogP contribution in [-0.2, 0) is 6.42 Å². The molecule has 0 heterocycles. The van der Waals surface area contributed by atoms with Crippen molar-refractivity contribution in [2.24, 2.45) is 5.73 Å². The Bertz CT molecular complexity index is 543. The average molecular weight is 258 g/mol. The monoisotopic (exact) mass is 258 g/mol. The van der Waals surface area contributed by atoms with Crippen LogP contribution in [0.4, 0.5) is 10.5 Å². The normalized spacial score (nSPS) is 10.1. The molecule has 2 aromatic rings. The van der Waals surface area contributed by atoms with Crippen LogP contribution in [0.2, 0.25) is 0 Å². The van der Waals surface area contributed by atoms with Crippen molar-refractivity contribution in [1.29, 1.82) is 0 Å². The molecule has 2 amide bonds. The first kappa shape index (κ1) is 12.5. The molecule has 2 N–H and O–H groups in total. The molecule has 0 aliphatic heterocycles. The van der Waals surface area contributed by atoms with Crippen LogP contribution in [0.1, 0.15) is 11.1 Å². The summed E-state index contributed by atoms with van der Waals surface area (Å²) in [6.07, 6.45) is 0.815. The second-order valence-electron chi connectivity index (χ2n) is 3.98. The number of rotatable bonds is 3. The average Bonchev–Trinajstić information content (AvgIpc) is 2.39. The maximum Gasteiger partial charge on any atom is 0.329 e. The largest absolute Gasteiger partial charge is 0.350 e. The summed E-state index contributed by atoms with van der Waals surface area (Å²) in [7, 11) is 0. The lowest BCUT2D eigenvalue weighted by molar-refractivity contribution is 0.257. The van der Waals surface area contributed by atoms with Gasteiger partial charge in [0.1, 0.15) is 0 Å². The van der Waals surface area contributed by atoms with E-state index in [1.54, 1.807) is 6.07 Å². The van der Waals surface area contributed by atoms with Crippen LogP contribution in [0.3, 0.4) is 0 Å². The van der Waals surface area contributed by atoms with E-state index in [1.165, 1.54) is 5.56 Å². The number of anilines is 1. The summed E-state index contributed by atoms with van der Waals surface area (Å²) in [5.74, 6) is 0. The van der Waals surface area contributed by atoms with E-state index in [0.29, 0.717) is 5.69 Å². The number of nitrogens with zero attached hydrogens (tertiary/aromatic N) is 1. The van der Waals surface area contributed by atoms with Crippen molar-refractivity contribution in [1.82, 2.24) is 0 Å². The zero-order valence-corrected chi connectivity index (χ0v) is 10.7. The van der Waals surface area contributed by atoms with E-state index in [1.807, 2.05) is 36.4 Å². The third-order valence-corrected chi connectivity index (χ3v) is 3.04. The van der Waals surface area contributed by atoms with Crippen LogP contribution >= 0.6 is 12.8 Å². The van der Waals surface area contributed by atoms with Crippen molar-refractivity contribution in [2.45, 2.75) is 6.42 Å². The highest BCUT2D eigenvalue weighted by molar-refractivity contribution is 7.82. The molecule has 18 heavy (non-hydrogen) atoms. The lowest BCUT2D eigenvalue weighted by atomic mass is 10.0. The van der Waals surface area contributed by atoms with E-state index in [-0.39, 0.29) is 0 Å². The first-order chi connectivity index (χ1) is 8.66. The molecule has 0 fully saturated rings. The SMILES string of the molecule is NC(=O)N(S)c1cccc(Cc2ccccc2)c1. The topological polar surface area (TPSA) is 46.3 Å². The fraction of sp³-hybridized carbons (Fsp3) is 0.0714. The van der Waals surface area contributed by atoms with Gasteiger partial charge in [0, 0.05) is 0 Å². The number of hydrogen-bond acceptors (Lipinski definition) is 2. The highest BCUT2D eigenvalue weighted by Gasteiger charge is 2.07. The highest BCUT2D eigenvalue weighted by atomic mass is 32.1. The van der Waals surface area contributed by atoms with Crippen molar-refractivity contribution in [2.75, 3.05) is 4.31 Å². The Kier molecular flexibility index (Phi) is 3.89. The summed E-state index contributed by atoms with van der Waals surface area (Å²) in [6.45, 7) is 0. The van der Waals surface area contributed by atoms with E-state index in [0.717, 1.165) is 16.3 Å². The molecule has 3 nitrogen and oxygen atoms in total.